The minimum Gasteiger partial charge on any atom is -0.387 e. The van der Waals surface area contributed by atoms with Crippen LogP contribution < -0.4 is 0 Å². The lowest BCUT2D eigenvalue weighted by Crippen LogP contribution is -2.40. The Bertz CT molecular complexity index is 328. The molecule has 1 N–H and O–H groups in total. The van der Waals surface area contributed by atoms with Crippen molar-refractivity contribution in [2.75, 3.05) is 7.11 Å². The predicted octanol–water partition coefficient (Wildman–Crippen LogP) is 2.06. The van der Waals surface area contributed by atoms with Crippen molar-refractivity contribution >= 4 is 11.6 Å². The van der Waals surface area contributed by atoms with Crippen molar-refractivity contribution in [3.05, 3.63) is 29.0 Å². The van der Waals surface area contributed by atoms with Gasteiger partial charge in [0.2, 0.25) is 0 Å². The highest BCUT2D eigenvalue weighted by atomic mass is 35.5. The summed E-state index contributed by atoms with van der Waals surface area (Å²) in [4.78, 5) is 3.90. The smallest absolute Gasteiger partial charge is 0.0917 e. The fraction of sp³-hybridized carbons (Fsp3) is 0.545. The van der Waals surface area contributed by atoms with Crippen molar-refractivity contribution in [1.82, 2.24) is 4.98 Å². The van der Waals surface area contributed by atoms with Gasteiger partial charge in [0.1, 0.15) is 0 Å². The molecule has 1 rings (SSSR count). The average Bonchev–Trinajstić information content (AvgIpc) is 2.20. The van der Waals surface area contributed by atoms with E-state index in [4.69, 9.17) is 16.3 Å². The van der Waals surface area contributed by atoms with E-state index in [2.05, 4.69) is 4.98 Å². The summed E-state index contributed by atoms with van der Waals surface area (Å²) in [7, 11) is 1.58. The van der Waals surface area contributed by atoms with E-state index in [0.717, 1.165) is 5.56 Å². The zero-order valence-corrected chi connectivity index (χ0v) is 9.95. The lowest BCUT2D eigenvalue weighted by molar-refractivity contribution is -0.0715. The second kappa shape index (κ2) is 4.92. The Labute approximate surface area is 95.1 Å². The summed E-state index contributed by atoms with van der Waals surface area (Å²) < 4.78 is 5.12. The third-order valence-corrected chi connectivity index (χ3v) is 2.97. The molecule has 0 aromatic carbocycles. The van der Waals surface area contributed by atoms with Crippen LogP contribution in [0.25, 0.3) is 0 Å². The number of rotatable bonds is 4. The molecule has 15 heavy (non-hydrogen) atoms. The lowest BCUT2D eigenvalue weighted by atomic mass is 9.92. The van der Waals surface area contributed by atoms with Crippen LogP contribution in [-0.2, 0) is 11.2 Å². The zero-order chi connectivity index (χ0) is 11.5. The van der Waals surface area contributed by atoms with Gasteiger partial charge in [-0.25, -0.2) is 0 Å². The molecule has 1 aromatic rings. The molecule has 0 spiro atoms. The summed E-state index contributed by atoms with van der Waals surface area (Å²) in [6, 6.07) is 1.80. The number of nitrogens with zero attached hydrogens (tertiary/aromatic N) is 1. The number of aromatic nitrogens is 1. The molecule has 84 valence electrons. The molecule has 0 aliphatic carbocycles. The topological polar surface area (TPSA) is 42.4 Å². The number of ether oxygens (including phenoxy) is 1. The molecule has 0 fully saturated rings. The van der Waals surface area contributed by atoms with Gasteiger partial charge in [-0.15, -0.1) is 0 Å². The Morgan fingerprint density at radius 3 is 2.87 bits per heavy atom. The largest absolute Gasteiger partial charge is 0.387 e. The molecule has 0 saturated carbocycles. The van der Waals surface area contributed by atoms with Gasteiger partial charge in [-0.1, -0.05) is 11.6 Å². The van der Waals surface area contributed by atoms with E-state index in [1.807, 2.05) is 6.92 Å². The first-order valence-electron chi connectivity index (χ1n) is 4.81. The molecular weight excluding hydrogens is 214 g/mol. The van der Waals surface area contributed by atoms with Gasteiger partial charge in [0, 0.05) is 25.9 Å². The van der Waals surface area contributed by atoms with E-state index in [0.29, 0.717) is 11.4 Å². The van der Waals surface area contributed by atoms with E-state index in [1.54, 1.807) is 32.5 Å². The standard InChI is InChI=1S/C11H16ClNO2/c1-8(15-3)11(2,14)6-9-4-5-13-7-10(9)12/h4-5,7-8,14H,6H2,1-3H3. The summed E-state index contributed by atoms with van der Waals surface area (Å²) in [6.07, 6.45) is 3.43. The molecule has 2 unspecified atom stereocenters. The van der Waals surface area contributed by atoms with Crippen LogP contribution in [0, 0.1) is 0 Å². The van der Waals surface area contributed by atoms with Crippen LogP contribution in [0.15, 0.2) is 18.5 Å². The van der Waals surface area contributed by atoms with Gasteiger partial charge in [-0.2, -0.15) is 0 Å². The fourth-order valence-corrected chi connectivity index (χ4v) is 1.52. The van der Waals surface area contributed by atoms with Crippen molar-refractivity contribution in [2.24, 2.45) is 0 Å². The zero-order valence-electron chi connectivity index (χ0n) is 9.20. The minimum absolute atomic E-state index is 0.248. The predicted molar refractivity (Wildman–Crippen MR) is 60.0 cm³/mol. The normalized spacial score (nSPS) is 17.1. The number of hydrogen-bond donors (Lipinski definition) is 1. The summed E-state index contributed by atoms with van der Waals surface area (Å²) in [5.41, 5.74) is -0.0553. The summed E-state index contributed by atoms with van der Waals surface area (Å²) in [5.74, 6) is 0. The van der Waals surface area contributed by atoms with Gasteiger partial charge in [0.05, 0.1) is 16.7 Å². The Morgan fingerprint density at radius 1 is 1.67 bits per heavy atom. The van der Waals surface area contributed by atoms with E-state index in [1.165, 1.54) is 0 Å². The molecule has 0 amide bonds. The van der Waals surface area contributed by atoms with Crippen molar-refractivity contribution in [3.8, 4) is 0 Å². The highest BCUT2D eigenvalue weighted by molar-refractivity contribution is 6.31. The lowest BCUT2D eigenvalue weighted by Gasteiger charge is -2.29. The molecule has 0 aliphatic heterocycles. The first-order chi connectivity index (χ1) is 6.97. The van der Waals surface area contributed by atoms with Crippen LogP contribution in [0.1, 0.15) is 19.4 Å². The molecule has 4 heteroatoms. The van der Waals surface area contributed by atoms with Gasteiger partial charge >= 0.3 is 0 Å². The van der Waals surface area contributed by atoms with Crippen LogP contribution in [0.5, 0.6) is 0 Å². The Balaban J connectivity index is 2.81. The van der Waals surface area contributed by atoms with Gasteiger partial charge < -0.3 is 9.84 Å². The molecule has 0 saturated heterocycles. The first-order valence-corrected chi connectivity index (χ1v) is 5.18. The Morgan fingerprint density at radius 2 is 2.33 bits per heavy atom. The highest BCUT2D eigenvalue weighted by Gasteiger charge is 2.29. The number of aliphatic hydroxyl groups is 1. The van der Waals surface area contributed by atoms with Gasteiger partial charge in [0.15, 0.2) is 0 Å². The van der Waals surface area contributed by atoms with Crippen LogP contribution in [0.4, 0.5) is 0 Å². The first kappa shape index (κ1) is 12.4. The second-order valence-corrected chi connectivity index (χ2v) is 4.29. The quantitative estimate of drug-likeness (QED) is 0.860. The number of pyridine rings is 1. The molecule has 3 nitrogen and oxygen atoms in total. The fourth-order valence-electron chi connectivity index (χ4n) is 1.33. The minimum atomic E-state index is -0.931. The van der Waals surface area contributed by atoms with Crippen LogP contribution in [0.3, 0.4) is 0 Å². The van der Waals surface area contributed by atoms with Crippen molar-refractivity contribution in [3.63, 3.8) is 0 Å². The highest BCUT2D eigenvalue weighted by Crippen LogP contribution is 2.23. The third kappa shape index (κ3) is 3.16. The second-order valence-electron chi connectivity index (χ2n) is 3.88. The van der Waals surface area contributed by atoms with Crippen molar-refractivity contribution in [1.29, 1.82) is 0 Å². The summed E-state index contributed by atoms with van der Waals surface area (Å²) in [5, 5.41) is 10.7. The third-order valence-electron chi connectivity index (χ3n) is 2.63. The monoisotopic (exact) mass is 229 g/mol. The maximum atomic E-state index is 10.2. The molecule has 0 radical (unpaired) electrons. The van der Waals surface area contributed by atoms with Crippen LogP contribution in [-0.4, -0.2) is 28.9 Å². The van der Waals surface area contributed by atoms with E-state index in [-0.39, 0.29) is 6.10 Å². The number of halogens is 1. The number of hydrogen-bond acceptors (Lipinski definition) is 3. The van der Waals surface area contributed by atoms with Crippen LogP contribution in [0.2, 0.25) is 5.02 Å². The maximum Gasteiger partial charge on any atom is 0.0917 e. The van der Waals surface area contributed by atoms with Gasteiger partial charge in [-0.05, 0) is 25.5 Å². The molecule has 1 heterocycles. The maximum absolute atomic E-state index is 10.2. The van der Waals surface area contributed by atoms with Gasteiger partial charge in [0.25, 0.3) is 0 Å². The van der Waals surface area contributed by atoms with Gasteiger partial charge in [-0.3, -0.25) is 4.98 Å². The molecule has 0 bridgehead atoms. The van der Waals surface area contributed by atoms with Crippen molar-refractivity contribution < 1.29 is 9.84 Å². The van der Waals surface area contributed by atoms with Crippen molar-refractivity contribution in [2.45, 2.75) is 32.0 Å². The Hall–Kier alpha value is -0.640. The van der Waals surface area contributed by atoms with Crippen LogP contribution >= 0.6 is 11.6 Å². The summed E-state index contributed by atoms with van der Waals surface area (Å²) >= 11 is 5.96. The molecular formula is C11H16ClNO2. The molecule has 2 atom stereocenters. The van der Waals surface area contributed by atoms with E-state index < -0.39 is 5.60 Å². The average molecular weight is 230 g/mol. The van der Waals surface area contributed by atoms with E-state index in [9.17, 15) is 5.11 Å². The number of methoxy groups -OCH3 is 1. The molecule has 0 aliphatic rings. The summed E-state index contributed by atoms with van der Waals surface area (Å²) in [6.45, 7) is 3.56. The van der Waals surface area contributed by atoms with E-state index >= 15 is 0 Å². The SMILES string of the molecule is COC(C)C(C)(O)Cc1ccncc1Cl. The molecule has 1 aromatic heterocycles. The Kier molecular flexibility index (Phi) is 4.08.